The summed E-state index contributed by atoms with van der Waals surface area (Å²) < 4.78 is 24.9. The molecular weight excluding hydrogens is 288 g/mol. The monoisotopic (exact) mass is 303 g/mol. The number of rotatable bonds is 5. The zero-order valence-corrected chi connectivity index (χ0v) is 11.7. The van der Waals surface area contributed by atoms with Crippen LogP contribution in [-0.2, 0) is 4.79 Å². The summed E-state index contributed by atoms with van der Waals surface area (Å²) in [5, 5.41) is 13.9. The van der Waals surface area contributed by atoms with E-state index in [0.29, 0.717) is 11.8 Å². The number of para-hydroxylation sites is 1. The van der Waals surface area contributed by atoms with E-state index >= 15 is 0 Å². The van der Waals surface area contributed by atoms with E-state index in [1.165, 1.54) is 26.0 Å². The molecule has 1 aromatic rings. The van der Waals surface area contributed by atoms with E-state index in [9.17, 15) is 13.6 Å². The van der Waals surface area contributed by atoms with Gasteiger partial charge in [0.2, 0.25) is 5.91 Å². The van der Waals surface area contributed by atoms with Crippen molar-refractivity contribution in [2.24, 2.45) is 16.3 Å². The van der Waals surface area contributed by atoms with Crippen LogP contribution in [0.4, 0.5) is 14.5 Å². The molecule has 0 unspecified atom stereocenters. The number of nitrogens with two attached hydrogens (primary N) is 1. The molecule has 1 rings (SSSR count). The van der Waals surface area contributed by atoms with Gasteiger partial charge in [0.1, 0.15) is 5.41 Å². The Labute approximate surface area is 119 Å². The average molecular weight is 303 g/mol. The van der Waals surface area contributed by atoms with Gasteiger partial charge < -0.3 is 16.3 Å². The number of amides is 1. The minimum Gasteiger partial charge on any atom is -0.409 e. The summed E-state index contributed by atoms with van der Waals surface area (Å²) in [7, 11) is 0. The van der Waals surface area contributed by atoms with E-state index in [2.05, 4.69) is 10.5 Å². The second-order valence-corrected chi connectivity index (χ2v) is 5.47. The van der Waals surface area contributed by atoms with Gasteiger partial charge in [-0.1, -0.05) is 29.1 Å². The normalized spacial score (nSPS) is 12.6. The Morgan fingerprint density at radius 1 is 1.45 bits per heavy atom. The predicted molar refractivity (Wildman–Crippen MR) is 74.1 cm³/mol. The Morgan fingerprint density at radius 3 is 2.60 bits per heavy atom. The highest BCUT2D eigenvalue weighted by molar-refractivity contribution is 7.99. The van der Waals surface area contributed by atoms with E-state index in [1.807, 2.05) is 0 Å². The molecule has 0 aliphatic rings. The molecule has 0 fully saturated rings. The van der Waals surface area contributed by atoms with E-state index in [1.54, 1.807) is 12.1 Å². The number of benzene rings is 1. The molecule has 0 atom stereocenters. The summed E-state index contributed by atoms with van der Waals surface area (Å²) in [5.74, 6) is -3.42. The Kier molecular flexibility index (Phi) is 5.32. The first kappa shape index (κ1) is 16.2. The van der Waals surface area contributed by atoms with Crippen molar-refractivity contribution in [2.75, 3.05) is 5.32 Å². The molecule has 1 aromatic carbocycles. The Hall–Kier alpha value is -1.83. The second-order valence-electron chi connectivity index (χ2n) is 4.44. The molecule has 0 aliphatic heterocycles. The molecule has 0 bridgehead atoms. The van der Waals surface area contributed by atoms with Crippen LogP contribution in [-0.4, -0.2) is 22.7 Å². The second kappa shape index (κ2) is 6.56. The van der Waals surface area contributed by atoms with Gasteiger partial charge in [-0.15, -0.1) is 0 Å². The summed E-state index contributed by atoms with van der Waals surface area (Å²) >= 11 is 0.333. The maximum atomic E-state index is 12.4. The zero-order chi connectivity index (χ0) is 15.3. The lowest BCUT2D eigenvalue weighted by Crippen LogP contribution is -2.42. The third-order valence-electron chi connectivity index (χ3n) is 2.67. The van der Waals surface area contributed by atoms with Crippen LogP contribution >= 0.6 is 11.8 Å². The molecular formula is C12H15F2N3O2S. The lowest BCUT2D eigenvalue weighted by atomic mass is 9.91. The fraction of sp³-hybridized carbons (Fsp3) is 0.333. The van der Waals surface area contributed by atoms with E-state index in [4.69, 9.17) is 10.9 Å². The number of amidine groups is 1. The van der Waals surface area contributed by atoms with Gasteiger partial charge in [-0.2, -0.15) is 8.78 Å². The molecule has 1 amide bonds. The fourth-order valence-electron chi connectivity index (χ4n) is 1.29. The van der Waals surface area contributed by atoms with Gasteiger partial charge in [-0.25, -0.2) is 0 Å². The van der Waals surface area contributed by atoms with Crippen molar-refractivity contribution < 1.29 is 18.8 Å². The summed E-state index contributed by atoms with van der Waals surface area (Å²) in [6.07, 6.45) is 0. The Bertz CT molecular complexity index is 521. The zero-order valence-electron chi connectivity index (χ0n) is 10.9. The van der Waals surface area contributed by atoms with Crippen molar-refractivity contribution in [3.8, 4) is 0 Å². The first-order chi connectivity index (χ1) is 9.28. The van der Waals surface area contributed by atoms with Crippen molar-refractivity contribution >= 4 is 29.2 Å². The maximum absolute atomic E-state index is 12.4. The predicted octanol–water partition coefficient (Wildman–Crippen LogP) is 2.71. The summed E-state index contributed by atoms with van der Waals surface area (Å²) in [6, 6.07) is 6.19. The molecule has 5 nitrogen and oxygen atoms in total. The Balaban J connectivity index is 2.97. The number of nitrogens with one attached hydrogen (secondary N) is 1. The van der Waals surface area contributed by atoms with E-state index in [0.717, 1.165) is 0 Å². The number of anilines is 1. The average Bonchev–Trinajstić information content (AvgIpc) is 2.39. The summed E-state index contributed by atoms with van der Waals surface area (Å²) in [6.45, 7) is 2.92. The quantitative estimate of drug-likeness (QED) is 0.256. The molecule has 4 N–H and O–H groups in total. The molecule has 110 valence electrons. The number of nitrogens with zero attached hydrogens (tertiary/aromatic N) is 1. The van der Waals surface area contributed by atoms with Crippen molar-refractivity contribution in [3.05, 3.63) is 24.3 Å². The molecule has 0 heterocycles. The van der Waals surface area contributed by atoms with Crippen molar-refractivity contribution in [3.63, 3.8) is 0 Å². The third-order valence-corrected chi connectivity index (χ3v) is 3.46. The van der Waals surface area contributed by atoms with Crippen LogP contribution in [0.25, 0.3) is 0 Å². The van der Waals surface area contributed by atoms with Crippen LogP contribution in [0.2, 0.25) is 0 Å². The first-order valence-electron chi connectivity index (χ1n) is 5.62. The minimum absolute atomic E-state index is 0.242. The maximum Gasteiger partial charge on any atom is 0.288 e. The van der Waals surface area contributed by atoms with Gasteiger partial charge in [0, 0.05) is 4.90 Å². The van der Waals surface area contributed by atoms with Crippen LogP contribution in [0.3, 0.4) is 0 Å². The van der Waals surface area contributed by atoms with Crippen LogP contribution < -0.4 is 11.1 Å². The van der Waals surface area contributed by atoms with Crippen molar-refractivity contribution in [1.82, 2.24) is 0 Å². The summed E-state index contributed by atoms with van der Waals surface area (Å²) in [5.41, 5.74) is 4.42. The fourth-order valence-corrected chi connectivity index (χ4v) is 1.88. The van der Waals surface area contributed by atoms with Gasteiger partial charge in [0.25, 0.3) is 5.76 Å². The van der Waals surface area contributed by atoms with Crippen molar-refractivity contribution in [2.45, 2.75) is 24.5 Å². The molecule has 8 heteroatoms. The number of alkyl halides is 2. The lowest BCUT2D eigenvalue weighted by Gasteiger charge is -2.22. The lowest BCUT2D eigenvalue weighted by molar-refractivity contribution is -0.121. The number of carbonyl (C=O) groups excluding carboxylic acids is 1. The molecule has 0 radical (unpaired) electrons. The molecule has 0 spiro atoms. The van der Waals surface area contributed by atoms with Gasteiger partial charge in [-0.3, -0.25) is 4.79 Å². The third kappa shape index (κ3) is 3.83. The standard InChI is InChI=1S/C12H15F2N3O2S/c1-12(2,9(15)17-19)10(18)16-7-5-3-4-6-8(7)20-11(13)14/h3-6,11,19H,1-2H3,(H2,15,17)(H,16,18). The molecule has 0 saturated carbocycles. The molecule has 0 saturated heterocycles. The highest BCUT2D eigenvalue weighted by atomic mass is 32.2. The van der Waals surface area contributed by atoms with Gasteiger partial charge >= 0.3 is 0 Å². The smallest absolute Gasteiger partial charge is 0.288 e. The van der Waals surface area contributed by atoms with Gasteiger partial charge in [0.05, 0.1) is 5.69 Å². The molecule has 0 aliphatic carbocycles. The topological polar surface area (TPSA) is 87.7 Å². The van der Waals surface area contributed by atoms with Crippen LogP contribution in [0, 0.1) is 5.41 Å². The van der Waals surface area contributed by atoms with Crippen LogP contribution in [0.15, 0.2) is 34.3 Å². The number of hydrogen-bond donors (Lipinski definition) is 3. The number of halogens is 2. The number of carbonyl (C=O) groups is 1. The number of oxime groups is 1. The number of thioether (sulfide) groups is 1. The largest absolute Gasteiger partial charge is 0.409 e. The Morgan fingerprint density at radius 2 is 2.05 bits per heavy atom. The van der Waals surface area contributed by atoms with Gasteiger partial charge in [0.15, 0.2) is 5.84 Å². The van der Waals surface area contributed by atoms with Gasteiger partial charge in [-0.05, 0) is 26.0 Å². The number of hydrogen-bond acceptors (Lipinski definition) is 4. The highest BCUT2D eigenvalue weighted by Crippen LogP contribution is 2.32. The van der Waals surface area contributed by atoms with E-state index in [-0.39, 0.29) is 16.4 Å². The molecule has 20 heavy (non-hydrogen) atoms. The van der Waals surface area contributed by atoms with Crippen molar-refractivity contribution in [1.29, 1.82) is 0 Å². The molecule has 0 aromatic heterocycles. The SMILES string of the molecule is CC(C)(C(=O)Nc1ccccc1SC(F)F)C(N)=NO. The van der Waals surface area contributed by atoms with Crippen LogP contribution in [0.5, 0.6) is 0 Å². The van der Waals surface area contributed by atoms with Crippen LogP contribution in [0.1, 0.15) is 13.8 Å². The minimum atomic E-state index is -2.59. The van der Waals surface area contributed by atoms with E-state index < -0.39 is 17.1 Å². The summed E-state index contributed by atoms with van der Waals surface area (Å²) in [4.78, 5) is 12.3. The highest BCUT2D eigenvalue weighted by Gasteiger charge is 2.33. The first-order valence-corrected chi connectivity index (χ1v) is 6.50.